The molecule has 0 aliphatic carbocycles. The third-order valence-corrected chi connectivity index (χ3v) is 2.76. The van der Waals surface area contributed by atoms with Crippen LogP contribution in [-0.2, 0) is 0 Å². The minimum atomic E-state index is -0.552. The van der Waals surface area contributed by atoms with Crippen LogP contribution in [0.1, 0.15) is 0 Å². The number of nitro groups is 1. The number of hydrogen-bond acceptors (Lipinski definition) is 4. The van der Waals surface area contributed by atoms with E-state index >= 15 is 0 Å². The Morgan fingerprint density at radius 2 is 1.86 bits per heavy atom. The van der Waals surface area contributed by atoms with Crippen LogP contribution < -0.4 is 10.6 Å². The van der Waals surface area contributed by atoms with Gasteiger partial charge in [-0.3, -0.25) is 10.1 Å². The van der Waals surface area contributed by atoms with Crippen molar-refractivity contribution in [2.75, 3.05) is 10.6 Å². The highest BCUT2D eigenvalue weighted by Crippen LogP contribution is 2.26. The molecule has 0 spiro atoms. The zero-order chi connectivity index (χ0) is 15.4. The normalized spacial score (nSPS) is 9.95. The van der Waals surface area contributed by atoms with E-state index in [1.807, 2.05) is 0 Å². The highest BCUT2D eigenvalue weighted by Gasteiger charge is 2.13. The third-order valence-electron chi connectivity index (χ3n) is 2.56. The highest BCUT2D eigenvalue weighted by molar-refractivity contribution is 7.80. The van der Waals surface area contributed by atoms with Gasteiger partial charge in [-0.2, -0.15) is 0 Å². The summed E-state index contributed by atoms with van der Waals surface area (Å²) in [7, 11) is 0. The van der Waals surface area contributed by atoms with Crippen molar-refractivity contribution < 1.29 is 14.4 Å². The van der Waals surface area contributed by atoms with Gasteiger partial charge < -0.3 is 15.7 Å². The summed E-state index contributed by atoms with van der Waals surface area (Å²) in [6, 6.07) is 9.27. The maximum Gasteiger partial charge on any atom is 0.292 e. The molecular formula is C13H10FN3O3S. The molecule has 2 aromatic rings. The van der Waals surface area contributed by atoms with Crippen LogP contribution >= 0.6 is 12.2 Å². The number of anilines is 2. The van der Waals surface area contributed by atoms with Crippen molar-refractivity contribution in [2.24, 2.45) is 0 Å². The lowest BCUT2D eigenvalue weighted by molar-refractivity contribution is -0.383. The van der Waals surface area contributed by atoms with Crippen molar-refractivity contribution in [1.82, 2.24) is 0 Å². The van der Waals surface area contributed by atoms with Crippen LogP contribution in [0.5, 0.6) is 5.75 Å². The quantitative estimate of drug-likeness (QED) is 0.349. The van der Waals surface area contributed by atoms with Crippen molar-refractivity contribution in [3.05, 3.63) is 58.4 Å². The zero-order valence-corrected chi connectivity index (χ0v) is 11.4. The number of thiocarbonyl (C=S) groups is 1. The van der Waals surface area contributed by atoms with Crippen molar-refractivity contribution in [3.63, 3.8) is 0 Å². The molecule has 0 aromatic heterocycles. The number of halogens is 1. The zero-order valence-electron chi connectivity index (χ0n) is 10.5. The number of hydrogen-bond donors (Lipinski definition) is 3. The first-order valence-electron chi connectivity index (χ1n) is 5.77. The summed E-state index contributed by atoms with van der Waals surface area (Å²) in [5.74, 6) is -0.744. The number of nitro benzene ring substituents is 1. The second kappa shape index (κ2) is 6.14. The molecule has 0 saturated heterocycles. The van der Waals surface area contributed by atoms with Gasteiger partial charge >= 0.3 is 0 Å². The number of nitrogens with one attached hydrogen (secondary N) is 2. The molecule has 0 aliphatic rings. The molecule has 0 amide bonds. The lowest BCUT2D eigenvalue weighted by atomic mass is 10.2. The van der Waals surface area contributed by atoms with E-state index in [2.05, 4.69) is 10.6 Å². The number of benzene rings is 2. The van der Waals surface area contributed by atoms with Gasteiger partial charge in [0.1, 0.15) is 17.3 Å². The standard InChI is InChI=1S/C13H10FN3O3S/c14-8-5-6-12(18)10(7-8)16-13(21)15-9-3-1-2-4-11(9)17(19)20/h1-7,18H,(H2,15,16,21). The summed E-state index contributed by atoms with van der Waals surface area (Å²) in [6.45, 7) is 0. The van der Waals surface area contributed by atoms with Crippen molar-refractivity contribution >= 4 is 34.4 Å². The Morgan fingerprint density at radius 1 is 1.19 bits per heavy atom. The van der Waals surface area contributed by atoms with Crippen LogP contribution in [0.4, 0.5) is 21.5 Å². The fraction of sp³-hybridized carbons (Fsp3) is 0. The maximum atomic E-state index is 13.1. The average Bonchev–Trinajstić information content (AvgIpc) is 2.43. The Labute approximate surface area is 124 Å². The van der Waals surface area contributed by atoms with E-state index in [4.69, 9.17) is 12.2 Å². The van der Waals surface area contributed by atoms with E-state index in [0.717, 1.165) is 12.1 Å². The molecule has 0 saturated carbocycles. The molecule has 8 heteroatoms. The van der Waals surface area contributed by atoms with E-state index in [1.54, 1.807) is 6.07 Å². The number of para-hydroxylation sites is 2. The second-order valence-corrected chi connectivity index (χ2v) is 4.42. The van der Waals surface area contributed by atoms with E-state index in [1.165, 1.54) is 24.3 Å². The van der Waals surface area contributed by atoms with Crippen LogP contribution in [0.25, 0.3) is 0 Å². The first kappa shape index (κ1) is 14.7. The molecule has 0 aliphatic heterocycles. The molecule has 2 rings (SSSR count). The predicted octanol–water partition coefficient (Wildman–Crippen LogP) is 3.25. The monoisotopic (exact) mass is 307 g/mol. The minimum absolute atomic E-state index is 0.00907. The first-order chi connectivity index (χ1) is 9.97. The maximum absolute atomic E-state index is 13.1. The second-order valence-electron chi connectivity index (χ2n) is 4.01. The van der Waals surface area contributed by atoms with E-state index in [0.29, 0.717) is 0 Å². The van der Waals surface area contributed by atoms with E-state index < -0.39 is 10.7 Å². The van der Waals surface area contributed by atoms with Crippen LogP contribution in [0.3, 0.4) is 0 Å². The molecule has 6 nitrogen and oxygen atoms in total. The Morgan fingerprint density at radius 3 is 2.57 bits per heavy atom. The van der Waals surface area contributed by atoms with E-state index in [9.17, 15) is 19.6 Å². The van der Waals surface area contributed by atoms with Crippen LogP contribution in [0.15, 0.2) is 42.5 Å². The van der Waals surface area contributed by atoms with Crippen LogP contribution in [0, 0.1) is 15.9 Å². The molecule has 2 aromatic carbocycles. The summed E-state index contributed by atoms with van der Waals surface area (Å²) in [5.41, 5.74) is 0.104. The van der Waals surface area contributed by atoms with Gasteiger partial charge in [-0.1, -0.05) is 12.1 Å². The molecule has 0 bridgehead atoms. The number of rotatable bonds is 3. The molecule has 0 heterocycles. The minimum Gasteiger partial charge on any atom is -0.506 e. The van der Waals surface area contributed by atoms with Crippen LogP contribution in [0.2, 0.25) is 0 Å². The number of phenols is 1. The molecule has 0 fully saturated rings. The van der Waals surface area contributed by atoms with Gasteiger partial charge in [-0.25, -0.2) is 4.39 Å². The van der Waals surface area contributed by atoms with E-state index in [-0.39, 0.29) is 27.9 Å². The summed E-state index contributed by atoms with van der Waals surface area (Å²) < 4.78 is 13.1. The summed E-state index contributed by atoms with van der Waals surface area (Å²) in [6.07, 6.45) is 0. The van der Waals surface area contributed by atoms with Crippen LogP contribution in [-0.4, -0.2) is 15.1 Å². The third kappa shape index (κ3) is 3.63. The Balaban J connectivity index is 2.16. The van der Waals surface area contributed by atoms with Crippen molar-refractivity contribution in [2.45, 2.75) is 0 Å². The molecule has 108 valence electrons. The van der Waals surface area contributed by atoms with Gasteiger partial charge in [0.15, 0.2) is 5.11 Å². The van der Waals surface area contributed by atoms with Gasteiger partial charge in [-0.05, 0) is 30.4 Å². The summed E-state index contributed by atoms with van der Waals surface area (Å²) in [4.78, 5) is 10.3. The SMILES string of the molecule is O=[N+]([O-])c1ccccc1NC(=S)Nc1cc(F)ccc1O. The smallest absolute Gasteiger partial charge is 0.292 e. The van der Waals surface area contributed by atoms with Gasteiger partial charge in [0.25, 0.3) is 5.69 Å². The molecule has 0 atom stereocenters. The van der Waals surface area contributed by atoms with Gasteiger partial charge in [-0.15, -0.1) is 0 Å². The lowest BCUT2D eigenvalue weighted by Crippen LogP contribution is -2.19. The summed E-state index contributed by atoms with van der Waals surface area (Å²) >= 11 is 4.99. The van der Waals surface area contributed by atoms with Crippen molar-refractivity contribution in [1.29, 1.82) is 0 Å². The number of phenolic OH excluding ortho intramolecular Hbond substituents is 1. The van der Waals surface area contributed by atoms with Gasteiger partial charge in [0, 0.05) is 12.1 Å². The lowest BCUT2D eigenvalue weighted by Gasteiger charge is -2.11. The largest absolute Gasteiger partial charge is 0.506 e. The predicted molar refractivity (Wildman–Crippen MR) is 81.0 cm³/mol. The molecule has 3 N–H and O–H groups in total. The topological polar surface area (TPSA) is 87.4 Å². The number of nitrogens with zero attached hydrogens (tertiary/aromatic N) is 1. The fourth-order valence-corrected chi connectivity index (χ4v) is 1.84. The summed E-state index contributed by atoms with van der Waals surface area (Å²) in [5, 5.41) is 25.6. The molecule has 21 heavy (non-hydrogen) atoms. The Bertz CT molecular complexity index is 709. The van der Waals surface area contributed by atoms with Crippen molar-refractivity contribution in [3.8, 4) is 5.75 Å². The fourth-order valence-electron chi connectivity index (χ4n) is 1.62. The molecular weight excluding hydrogens is 297 g/mol. The average molecular weight is 307 g/mol. The van der Waals surface area contributed by atoms with Gasteiger partial charge in [0.05, 0.1) is 10.6 Å². The first-order valence-corrected chi connectivity index (χ1v) is 6.18. The Hall–Kier alpha value is -2.74. The highest BCUT2D eigenvalue weighted by atomic mass is 32.1. The van der Waals surface area contributed by atoms with Gasteiger partial charge in [0.2, 0.25) is 0 Å². The molecule has 0 radical (unpaired) electrons. The molecule has 0 unspecified atom stereocenters. The Kier molecular flexibility index (Phi) is 4.29. The number of aromatic hydroxyl groups is 1.